The first-order valence-corrected chi connectivity index (χ1v) is 5.33. The quantitative estimate of drug-likeness (QED) is 0.632. The number of carbonyl (C=O) groups is 1. The normalized spacial score (nSPS) is 11.6. The fourth-order valence-electron chi connectivity index (χ4n) is 1.54. The van der Waals surface area contributed by atoms with E-state index in [0.29, 0.717) is 6.20 Å². The zero-order valence-corrected chi connectivity index (χ0v) is 10.4. The van der Waals surface area contributed by atoms with Gasteiger partial charge in [-0.05, 0) is 6.92 Å². The lowest BCUT2D eigenvalue weighted by Gasteiger charge is -2.17. The van der Waals surface area contributed by atoms with Gasteiger partial charge in [-0.15, -0.1) is 0 Å². The molecule has 0 radical (unpaired) electrons. The number of hydrogen-bond donors (Lipinski definition) is 0. The Morgan fingerprint density at radius 1 is 1.40 bits per heavy atom. The van der Waals surface area contributed by atoms with Crippen molar-refractivity contribution in [1.82, 2.24) is 4.98 Å². The number of methoxy groups -OCH3 is 1. The van der Waals surface area contributed by atoms with Gasteiger partial charge in [-0.3, -0.25) is 0 Å². The molecule has 1 rings (SSSR count). The Labute approximate surface area is 110 Å². The molecule has 1 aromatic rings. The van der Waals surface area contributed by atoms with Gasteiger partial charge in [-0.2, -0.15) is 13.2 Å². The van der Waals surface area contributed by atoms with Crippen LogP contribution in [0.25, 0.3) is 0 Å². The number of hydrogen-bond acceptors (Lipinski definition) is 4. The maximum atomic E-state index is 13.0. The van der Waals surface area contributed by atoms with Crippen LogP contribution in [0.1, 0.15) is 34.8 Å². The van der Waals surface area contributed by atoms with Crippen LogP contribution in [-0.2, 0) is 10.9 Å². The van der Waals surface area contributed by atoms with Gasteiger partial charge in [0.1, 0.15) is 0 Å². The highest BCUT2D eigenvalue weighted by Crippen LogP contribution is 2.42. The predicted molar refractivity (Wildman–Crippen MR) is 56.7 cm³/mol. The second-order valence-corrected chi connectivity index (χ2v) is 3.49. The van der Waals surface area contributed by atoms with Gasteiger partial charge >= 0.3 is 12.1 Å². The van der Waals surface area contributed by atoms with Crippen molar-refractivity contribution < 1.29 is 36.2 Å². The smallest absolute Gasteiger partial charge is 0.417 e. The number of ether oxygens (including phenoxy) is 2. The van der Waals surface area contributed by atoms with Crippen molar-refractivity contribution >= 4 is 5.97 Å². The van der Waals surface area contributed by atoms with Crippen LogP contribution >= 0.6 is 0 Å². The highest BCUT2D eigenvalue weighted by molar-refractivity contribution is 5.91. The van der Waals surface area contributed by atoms with Crippen molar-refractivity contribution in [3.8, 4) is 5.88 Å². The van der Waals surface area contributed by atoms with Crippen molar-refractivity contribution in [3.63, 3.8) is 0 Å². The maximum absolute atomic E-state index is 13.0. The number of nitrogens with zero attached hydrogens (tertiary/aromatic N) is 1. The maximum Gasteiger partial charge on any atom is 0.417 e. The van der Waals surface area contributed by atoms with Crippen molar-refractivity contribution in [2.24, 2.45) is 0 Å². The summed E-state index contributed by atoms with van der Waals surface area (Å²) in [5, 5.41) is 0. The van der Waals surface area contributed by atoms with E-state index in [9.17, 15) is 26.7 Å². The molecule has 0 aliphatic carbocycles. The predicted octanol–water partition coefficient (Wildman–Crippen LogP) is 3.22. The van der Waals surface area contributed by atoms with Gasteiger partial charge in [0, 0.05) is 6.20 Å². The standard InChI is InChI=1S/C11H10F5NO3/c1-3-20-10(18)5-4-17-9(19-2)6(8(12)13)7(5)11(14,15)16/h4,8H,3H2,1-2H3. The average Bonchev–Trinajstić information content (AvgIpc) is 2.35. The lowest BCUT2D eigenvalue weighted by Crippen LogP contribution is -2.19. The van der Waals surface area contributed by atoms with Crippen molar-refractivity contribution in [2.45, 2.75) is 19.5 Å². The van der Waals surface area contributed by atoms with Gasteiger partial charge in [0.25, 0.3) is 6.43 Å². The summed E-state index contributed by atoms with van der Waals surface area (Å²) in [6.45, 7) is 1.17. The van der Waals surface area contributed by atoms with E-state index in [1.807, 2.05) is 0 Å². The van der Waals surface area contributed by atoms with Crippen LogP contribution in [0.2, 0.25) is 0 Å². The molecule has 0 N–H and O–H groups in total. The summed E-state index contributed by atoms with van der Waals surface area (Å²) in [5.41, 5.74) is -4.35. The first-order valence-electron chi connectivity index (χ1n) is 5.33. The molecule has 112 valence electrons. The van der Waals surface area contributed by atoms with Gasteiger partial charge < -0.3 is 9.47 Å². The fraction of sp³-hybridized carbons (Fsp3) is 0.455. The largest absolute Gasteiger partial charge is 0.481 e. The summed E-state index contributed by atoms with van der Waals surface area (Å²) in [4.78, 5) is 14.7. The molecule has 0 aromatic carbocycles. The topological polar surface area (TPSA) is 48.4 Å². The number of alkyl halides is 5. The molecule has 0 amide bonds. The highest BCUT2D eigenvalue weighted by atomic mass is 19.4. The minimum absolute atomic E-state index is 0.202. The first kappa shape index (κ1) is 16.1. The van der Waals surface area contributed by atoms with E-state index in [-0.39, 0.29) is 6.61 Å². The molecule has 1 heterocycles. The molecular weight excluding hydrogens is 289 g/mol. The van der Waals surface area contributed by atoms with E-state index < -0.39 is 41.1 Å². The summed E-state index contributed by atoms with van der Waals surface area (Å²) >= 11 is 0. The van der Waals surface area contributed by atoms with E-state index in [0.717, 1.165) is 7.11 Å². The van der Waals surface area contributed by atoms with Gasteiger partial charge in [-0.25, -0.2) is 18.6 Å². The summed E-state index contributed by atoms with van der Waals surface area (Å²) in [6, 6.07) is 0. The molecule has 0 fully saturated rings. The molecule has 9 heteroatoms. The van der Waals surface area contributed by atoms with Crippen molar-refractivity contribution in [2.75, 3.05) is 13.7 Å². The van der Waals surface area contributed by atoms with E-state index in [1.165, 1.54) is 6.92 Å². The average molecular weight is 299 g/mol. The third kappa shape index (κ3) is 3.14. The van der Waals surface area contributed by atoms with Crippen LogP contribution in [0.3, 0.4) is 0 Å². The fourth-order valence-corrected chi connectivity index (χ4v) is 1.54. The Kier molecular flexibility index (Phi) is 4.85. The molecule has 0 saturated heterocycles. The number of pyridine rings is 1. The van der Waals surface area contributed by atoms with Crippen LogP contribution < -0.4 is 4.74 Å². The Morgan fingerprint density at radius 2 is 2.00 bits per heavy atom. The molecule has 0 saturated carbocycles. The van der Waals surface area contributed by atoms with Crippen LogP contribution in [0.5, 0.6) is 5.88 Å². The summed E-state index contributed by atoms with van der Waals surface area (Å²) in [7, 11) is 0.901. The van der Waals surface area contributed by atoms with Crippen LogP contribution in [0.4, 0.5) is 22.0 Å². The molecule has 1 aromatic heterocycles. The second-order valence-electron chi connectivity index (χ2n) is 3.49. The molecule has 20 heavy (non-hydrogen) atoms. The monoisotopic (exact) mass is 299 g/mol. The molecule has 0 unspecified atom stereocenters. The molecule has 0 atom stereocenters. The van der Waals surface area contributed by atoms with Gasteiger partial charge in [0.15, 0.2) is 0 Å². The number of halogens is 5. The SMILES string of the molecule is CCOC(=O)c1cnc(OC)c(C(F)F)c1C(F)(F)F. The Balaban J connectivity index is 3.62. The molecule has 0 bridgehead atoms. The van der Waals surface area contributed by atoms with E-state index in [1.54, 1.807) is 0 Å². The summed E-state index contributed by atoms with van der Waals surface area (Å²) in [6.07, 6.45) is -8.18. The third-order valence-corrected chi connectivity index (χ3v) is 2.27. The van der Waals surface area contributed by atoms with Gasteiger partial charge in [0.2, 0.25) is 5.88 Å². The Morgan fingerprint density at radius 3 is 2.40 bits per heavy atom. The summed E-state index contributed by atoms with van der Waals surface area (Å²) in [5.74, 6) is -2.27. The van der Waals surface area contributed by atoms with Gasteiger partial charge in [-0.1, -0.05) is 0 Å². The second kappa shape index (κ2) is 6.02. The lowest BCUT2D eigenvalue weighted by atomic mass is 10.0. The minimum atomic E-state index is -5.18. The molecule has 0 spiro atoms. The van der Waals surface area contributed by atoms with Crippen molar-refractivity contribution in [1.29, 1.82) is 0 Å². The zero-order valence-electron chi connectivity index (χ0n) is 10.4. The van der Waals surface area contributed by atoms with E-state index >= 15 is 0 Å². The van der Waals surface area contributed by atoms with E-state index in [2.05, 4.69) is 14.5 Å². The number of esters is 1. The molecule has 0 aliphatic heterocycles. The van der Waals surface area contributed by atoms with Crippen LogP contribution in [0.15, 0.2) is 6.20 Å². The van der Waals surface area contributed by atoms with Crippen LogP contribution in [-0.4, -0.2) is 24.7 Å². The third-order valence-electron chi connectivity index (χ3n) is 2.27. The first-order chi connectivity index (χ1) is 9.23. The number of carbonyl (C=O) groups excluding carboxylic acids is 1. The van der Waals surface area contributed by atoms with Crippen LogP contribution in [0, 0.1) is 0 Å². The highest BCUT2D eigenvalue weighted by Gasteiger charge is 2.42. The number of rotatable bonds is 4. The minimum Gasteiger partial charge on any atom is -0.481 e. The van der Waals surface area contributed by atoms with Crippen molar-refractivity contribution in [3.05, 3.63) is 22.9 Å². The number of aromatic nitrogens is 1. The lowest BCUT2D eigenvalue weighted by molar-refractivity contribution is -0.140. The Bertz CT molecular complexity index is 502. The molecule has 0 aliphatic rings. The zero-order chi connectivity index (χ0) is 15.5. The van der Waals surface area contributed by atoms with Gasteiger partial charge in [0.05, 0.1) is 30.4 Å². The molecule has 4 nitrogen and oxygen atoms in total. The molecular formula is C11H10F5NO3. The summed E-state index contributed by atoms with van der Waals surface area (Å²) < 4.78 is 73.4. The van der Waals surface area contributed by atoms with E-state index in [4.69, 9.17) is 0 Å². The Hall–Kier alpha value is -1.93.